The number of aliphatic carboxylic acids is 5. The van der Waals surface area contributed by atoms with Crippen molar-refractivity contribution in [2.24, 2.45) is 5.73 Å². The Morgan fingerprint density at radius 3 is 0.978 bits per heavy atom. The highest BCUT2D eigenvalue weighted by Crippen LogP contribution is 2.03. The Labute approximate surface area is 251 Å². The maximum Gasteiger partial charge on any atom is 0.328 e. The van der Waals surface area contributed by atoms with Gasteiger partial charge in [0, 0.05) is 0 Å². The molecule has 23 heteroatoms. The van der Waals surface area contributed by atoms with Crippen LogP contribution in [0, 0.1) is 0 Å². The van der Waals surface area contributed by atoms with E-state index < -0.39 is 135 Å². The summed E-state index contributed by atoms with van der Waals surface area (Å²) in [4.78, 5) is 118. The fourth-order valence-electron chi connectivity index (χ4n) is 3.18. The van der Waals surface area contributed by atoms with Gasteiger partial charge in [0.25, 0.3) is 0 Å². The van der Waals surface area contributed by atoms with Crippen molar-refractivity contribution in [1.29, 1.82) is 0 Å². The van der Waals surface area contributed by atoms with Gasteiger partial charge in [-0.05, 0) is 0 Å². The van der Waals surface area contributed by atoms with E-state index in [-0.39, 0.29) is 0 Å². The van der Waals surface area contributed by atoms with E-state index in [2.05, 4.69) is 0 Å². The van der Waals surface area contributed by atoms with Crippen molar-refractivity contribution in [2.45, 2.75) is 61.9 Å². The maximum absolute atomic E-state index is 12.9. The number of carboxylic acids is 5. The highest BCUT2D eigenvalue weighted by Gasteiger charge is 2.35. The first-order valence-electron chi connectivity index (χ1n) is 12.4. The van der Waals surface area contributed by atoms with Gasteiger partial charge in [0.05, 0.1) is 44.9 Å². The number of hydrogen-bond acceptors (Lipinski definition) is 13. The SMILES string of the molecule is N[C@H](CC(=O)O)C(=O)N[C@@H](CC(=O)O)C(=O)N[C@H](CC(=O)O)C(=O)N[C@@H](CC(=O)O)C(=O)N[C@H](CO)C(=O)N[C@@H](CO)C(=O)O. The molecule has 0 aromatic rings. The van der Waals surface area contributed by atoms with Gasteiger partial charge in [0.1, 0.15) is 30.2 Å². The average molecular weight is 653 g/mol. The van der Waals surface area contributed by atoms with Gasteiger partial charge in [-0.2, -0.15) is 0 Å². The zero-order valence-electron chi connectivity index (χ0n) is 23.0. The zero-order chi connectivity index (χ0) is 35.0. The molecule has 0 aromatic heterocycles. The monoisotopic (exact) mass is 652 g/mol. The number of nitrogens with two attached hydrogens (primary N) is 1. The smallest absolute Gasteiger partial charge is 0.328 e. The molecule has 0 unspecified atom stereocenters. The van der Waals surface area contributed by atoms with Gasteiger partial charge in [-0.25, -0.2) is 4.79 Å². The van der Waals surface area contributed by atoms with Crippen LogP contribution in [0.3, 0.4) is 0 Å². The lowest BCUT2D eigenvalue weighted by atomic mass is 10.1. The van der Waals surface area contributed by atoms with E-state index >= 15 is 0 Å². The lowest BCUT2D eigenvalue weighted by molar-refractivity contribution is -0.145. The number of aliphatic hydroxyl groups is 2. The topological polar surface area (TPSA) is 398 Å². The maximum atomic E-state index is 12.9. The van der Waals surface area contributed by atoms with Crippen LogP contribution in [0.2, 0.25) is 0 Å². The molecule has 45 heavy (non-hydrogen) atoms. The first-order chi connectivity index (χ1) is 20.8. The molecule has 0 rings (SSSR count). The Kier molecular flexibility index (Phi) is 16.7. The molecule has 0 aliphatic heterocycles. The quantitative estimate of drug-likeness (QED) is 0.0547. The number of hydrogen-bond donors (Lipinski definition) is 13. The Morgan fingerprint density at radius 1 is 0.422 bits per heavy atom. The fourth-order valence-corrected chi connectivity index (χ4v) is 3.18. The van der Waals surface area contributed by atoms with Crippen molar-refractivity contribution in [3.05, 3.63) is 0 Å². The van der Waals surface area contributed by atoms with Crippen molar-refractivity contribution < 1.29 is 83.7 Å². The zero-order valence-corrected chi connectivity index (χ0v) is 23.0. The summed E-state index contributed by atoms with van der Waals surface area (Å²) < 4.78 is 0. The second-order valence-corrected chi connectivity index (χ2v) is 9.01. The summed E-state index contributed by atoms with van der Waals surface area (Å²) in [7, 11) is 0. The fraction of sp³-hybridized carbons (Fsp3) is 0.545. The molecule has 0 saturated carbocycles. The molecule has 5 amide bonds. The number of amides is 5. The first kappa shape index (κ1) is 39.6. The van der Waals surface area contributed by atoms with E-state index in [4.69, 9.17) is 31.3 Å². The number of aliphatic hydroxyl groups excluding tert-OH is 2. The molecule has 0 heterocycles. The summed E-state index contributed by atoms with van der Waals surface area (Å²) in [6.07, 6.45) is -4.56. The molecule has 0 aromatic carbocycles. The van der Waals surface area contributed by atoms with Crippen molar-refractivity contribution in [1.82, 2.24) is 26.6 Å². The van der Waals surface area contributed by atoms with Crippen LogP contribution in [-0.4, -0.2) is 145 Å². The molecule has 0 aliphatic rings. The van der Waals surface area contributed by atoms with Gasteiger partial charge >= 0.3 is 29.8 Å². The van der Waals surface area contributed by atoms with Gasteiger partial charge in [0.15, 0.2) is 0 Å². The third-order valence-electron chi connectivity index (χ3n) is 5.38. The molecule has 23 nitrogen and oxygen atoms in total. The van der Waals surface area contributed by atoms with Gasteiger partial charge in [-0.15, -0.1) is 0 Å². The van der Waals surface area contributed by atoms with E-state index in [1.807, 2.05) is 21.3 Å². The predicted molar refractivity (Wildman–Crippen MR) is 138 cm³/mol. The highest BCUT2D eigenvalue weighted by molar-refractivity contribution is 5.99. The number of carbonyl (C=O) groups is 10. The van der Waals surface area contributed by atoms with Crippen molar-refractivity contribution in [3.8, 4) is 0 Å². The minimum absolute atomic E-state index is 0.926. The van der Waals surface area contributed by atoms with Crippen LogP contribution in [0.4, 0.5) is 0 Å². The Balaban J connectivity index is 5.97. The van der Waals surface area contributed by atoms with Crippen molar-refractivity contribution in [3.63, 3.8) is 0 Å². The van der Waals surface area contributed by atoms with E-state index in [0.717, 1.165) is 0 Å². The van der Waals surface area contributed by atoms with Crippen molar-refractivity contribution in [2.75, 3.05) is 13.2 Å². The van der Waals surface area contributed by atoms with Crippen LogP contribution < -0.4 is 32.3 Å². The summed E-state index contributed by atoms with van der Waals surface area (Å²) in [5.41, 5.74) is 5.37. The molecular weight excluding hydrogens is 620 g/mol. The van der Waals surface area contributed by atoms with Gasteiger partial charge < -0.3 is 68.1 Å². The Morgan fingerprint density at radius 2 is 0.689 bits per heavy atom. The minimum atomic E-state index is -2.15. The first-order valence-corrected chi connectivity index (χ1v) is 12.4. The standard InChI is InChI=1S/C22H32N6O17/c23-7(1-13(31)32)17(39)24-8(2-14(33)34)18(40)25-9(3-15(35)36)19(41)26-10(4-16(37)38)20(42)27-11(5-29)21(43)28-12(6-30)22(44)45/h7-12,29-30H,1-6,23H2,(H,24,39)(H,25,40)(H,26,41)(H,27,42)(H,28,43)(H,31,32)(H,33,34)(H,35,36)(H,37,38)(H,44,45)/t7-,8+,9-,10+,11-,12+/m1/s1. The lowest BCUT2D eigenvalue weighted by Crippen LogP contribution is -2.60. The summed E-state index contributed by atoms with van der Waals surface area (Å²) in [5, 5.41) is 72.6. The predicted octanol–water partition coefficient (Wildman–Crippen LogP) is -7.29. The van der Waals surface area contributed by atoms with E-state index in [0.29, 0.717) is 0 Å². The van der Waals surface area contributed by atoms with Crippen LogP contribution in [0.5, 0.6) is 0 Å². The molecule has 0 aliphatic carbocycles. The number of carbonyl (C=O) groups excluding carboxylic acids is 5. The van der Waals surface area contributed by atoms with Gasteiger partial charge in [0.2, 0.25) is 29.5 Å². The lowest BCUT2D eigenvalue weighted by Gasteiger charge is -2.25. The molecule has 6 atom stereocenters. The Bertz CT molecular complexity index is 1180. The molecule has 0 radical (unpaired) electrons. The van der Waals surface area contributed by atoms with Gasteiger partial charge in [-0.3, -0.25) is 43.2 Å². The van der Waals surface area contributed by atoms with E-state index in [1.165, 1.54) is 0 Å². The molecule has 0 saturated heterocycles. The largest absolute Gasteiger partial charge is 0.481 e. The molecule has 0 spiro atoms. The Hall–Kier alpha value is -5.42. The third-order valence-corrected chi connectivity index (χ3v) is 5.38. The minimum Gasteiger partial charge on any atom is -0.481 e. The number of nitrogens with one attached hydrogen (secondary N) is 5. The molecule has 0 fully saturated rings. The number of carboxylic acid groups (broad SMARTS) is 5. The summed E-state index contributed by atoms with van der Waals surface area (Å²) in [6, 6.07) is -11.9. The van der Waals surface area contributed by atoms with Crippen LogP contribution in [-0.2, 0) is 47.9 Å². The molecular formula is C22H32N6O17. The highest BCUT2D eigenvalue weighted by atomic mass is 16.4. The normalized spacial score (nSPS) is 14.6. The molecule has 14 N–H and O–H groups in total. The number of rotatable bonds is 21. The second-order valence-electron chi connectivity index (χ2n) is 9.01. The van der Waals surface area contributed by atoms with Crippen LogP contribution in [0.25, 0.3) is 0 Å². The van der Waals surface area contributed by atoms with Crippen LogP contribution in [0.15, 0.2) is 0 Å². The summed E-state index contributed by atoms with van der Waals surface area (Å²) in [6.45, 7) is -2.28. The average Bonchev–Trinajstić information content (AvgIpc) is 2.91. The summed E-state index contributed by atoms with van der Waals surface area (Å²) >= 11 is 0. The van der Waals surface area contributed by atoms with Gasteiger partial charge in [-0.1, -0.05) is 0 Å². The second kappa shape index (κ2) is 19.0. The third kappa shape index (κ3) is 15.0. The van der Waals surface area contributed by atoms with Crippen LogP contribution >= 0.6 is 0 Å². The molecule has 252 valence electrons. The van der Waals surface area contributed by atoms with Crippen LogP contribution in [0.1, 0.15) is 25.7 Å². The van der Waals surface area contributed by atoms with E-state index in [9.17, 15) is 58.2 Å². The van der Waals surface area contributed by atoms with Crippen molar-refractivity contribution >= 4 is 59.4 Å². The van der Waals surface area contributed by atoms with E-state index in [1.54, 1.807) is 5.32 Å². The molecule has 0 bridgehead atoms. The summed E-state index contributed by atoms with van der Waals surface area (Å²) in [5.74, 6) is -15.5.